The number of methoxy groups -OCH3 is 1. The molecule has 0 aliphatic carbocycles. The molecule has 0 aliphatic heterocycles. The summed E-state index contributed by atoms with van der Waals surface area (Å²) in [6.45, 7) is 10.6. The normalized spacial score (nSPS) is 11.6. The van der Waals surface area contributed by atoms with E-state index in [4.69, 9.17) is 14.5 Å². The third-order valence-electron chi connectivity index (χ3n) is 3.41. The van der Waals surface area contributed by atoms with Gasteiger partial charge in [-0.2, -0.15) is 0 Å². The van der Waals surface area contributed by atoms with E-state index in [1.807, 2.05) is 13.0 Å². The first-order chi connectivity index (χ1) is 11.3. The average Bonchev–Trinajstić information content (AvgIpc) is 2.99. The number of rotatable bonds is 7. The lowest BCUT2D eigenvalue weighted by atomic mass is 9.98. The topological polar surface area (TPSA) is 43.4 Å². The van der Waals surface area contributed by atoms with Crippen LogP contribution in [0.25, 0.3) is 0 Å². The van der Waals surface area contributed by atoms with Crippen LogP contribution in [-0.2, 0) is 18.5 Å². The second-order valence-corrected chi connectivity index (χ2v) is 8.25. The molecule has 0 unspecified atom stereocenters. The summed E-state index contributed by atoms with van der Waals surface area (Å²) in [6, 6.07) is 4.06. The van der Waals surface area contributed by atoms with Crippen molar-refractivity contribution in [2.24, 2.45) is 0 Å². The monoisotopic (exact) mass is 412 g/mol. The van der Waals surface area contributed by atoms with Crippen molar-refractivity contribution in [2.45, 2.75) is 46.2 Å². The Morgan fingerprint density at radius 3 is 2.58 bits per heavy atom. The van der Waals surface area contributed by atoms with Crippen molar-refractivity contribution in [1.29, 1.82) is 0 Å². The van der Waals surface area contributed by atoms with Gasteiger partial charge in [0.15, 0.2) is 11.5 Å². The summed E-state index contributed by atoms with van der Waals surface area (Å²) in [4.78, 5) is 4.70. The Balaban J connectivity index is 1.99. The van der Waals surface area contributed by atoms with E-state index in [0.717, 1.165) is 40.3 Å². The number of hydrogen-bond acceptors (Lipinski definition) is 5. The van der Waals surface area contributed by atoms with Crippen LogP contribution in [0.3, 0.4) is 0 Å². The molecule has 0 aliphatic rings. The molecule has 1 aromatic heterocycles. The van der Waals surface area contributed by atoms with Gasteiger partial charge in [-0.3, -0.25) is 0 Å². The highest BCUT2D eigenvalue weighted by molar-refractivity contribution is 9.10. The van der Waals surface area contributed by atoms with Gasteiger partial charge in [-0.15, -0.1) is 11.3 Å². The number of halogens is 1. The highest BCUT2D eigenvalue weighted by Crippen LogP contribution is 2.36. The van der Waals surface area contributed by atoms with Crippen molar-refractivity contribution in [1.82, 2.24) is 10.3 Å². The van der Waals surface area contributed by atoms with Crippen molar-refractivity contribution >= 4 is 27.3 Å². The Bertz CT molecular complexity index is 680. The lowest BCUT2D eigenvalue weighted by Gasteiger charge is -2.14. The molecule has 1 N–H and O–H groups in total. The minimum absolute atomic E-state index is 0.107. The molecular formula is C18H25BrN2O2S. The second kappa shape index (κ2) is 8.32. The number of nitrogens with zero attached hydrogens (tertiary/aromatic N) is 1. The molecule has 0 atom stereocenters. The number of benzene rings is 1. The largest absolute Gasteiger partial charge is 0.493 e. The molecule has 132 valence electrons. The Morgan fingerprint density at radius 2 is 2.00 bits per heavy atom. The molecule has 24 heavy (non-hydrogen) atoms. The van der Waals surface area contributed by atoms with Gasteiger partial charge in [0.1, 0.15) is 0 Å². The van der Waals surface area contributed by atoms with Crippen LogP contribution in [0, 0.1) is 0 Å². The Labute approximate surface area is 156 Å². The van der Waals surface area contributed by atoms with Crippen LogP contribution in [0.1, 0.15) is 44.0 Å². The molecule has 0 bridgehead atoms. The Hall–Kier alpha value is -1.11. The standard InChI is InChI=1S/C18H25BrN2O2S/c1-6-23-16-14(19)7-12(8-15(16)22-5)9-20-10-13-11-24-17(21-13)18(2,3)4/h7-8,11,20H,6,9-10H2,1-5H3. The van der Waals surface area contributed by atoms with E-state index in [9.17, 15) is 0 Å². The van der Waals surface area contributed by atoms with E-state index in [1.165, 1.54) is 5.01 Å². The van der Waals surface area contributed by atoms with Gasteiger partial charge in [0.2, 0.25) is 0 Å². The smallest absolute Gasteiger partial charge is 0.175 e. The molecule has 0 fully saturated rings. The van der Waals surface area contributed by atoms with Gasteiger partial charge < -0.3 is 14.8 Å². The fourth-order valence-electron chi connectivity index (χ4n) is 2.23. The minimum Gasteiger partial charge on any atom is -0.493 e. The highest BCUT2D eigenvalue weighted by atomic mass is 79.9. The maximum atomic E-state index is 5.62. The highest BCUT2D eigenvalue weighted by Gasteiger charge is 2.17. The van der Waals surface area contributed by atoms with Gasteiger partial charge in [0.05, 0.1) is 28.9 Å². The van der Waals surface area contributed by atoms with Crippen molar-refractivity contribution in [2.75, 3.05) is 13.7 Å². The van der Waals surface area contributed by atoms with E-state index in [0.29, 0.717) is 6.61 Å². The van der Waals surface area contributed by atoms with Crippen LogP contribution in [0.5, 0.6) is 11.5 Å². The minimum atomic E-state index is 0.107. The van der Waals surface area contributed by atoms with Crippen LogP contribution >= 0.6 is 27.3 Å². The van der Waals surface area contributed by atoms with Crippen LogP contribution in [0.15, 0.2) is 22.0 Å². The number of thiazole rings is 1. The molecule has 1 heterocycles. The molecule has 6 heteroatoms. The summed E-state index contributed by atoms with van der Waals surface area (Å²) in [5, 5.41) is 6.74. The number of hydrogen-bond donors (Lipinski definition) is 1. The second-order valence-electron chi connectivity index (χ2n) is 6.54. The zero-order valence-electron chi connectivity index (χ0n) is 14.9. The SMILES string of the molecule is CCOc1c(Br)cc(CNCc2csc(C(C)(C)C)n2)cc1OC. The van der Waals surface area contributed by atoms with Crippen LogP contribution in [-0.4, -0.2) is 18.7 Å². The zero-order valence-corrected chi connectivity index (χ0v) is 17.3. The molecule has 4 nitrogen and oxygen atoms in total. The predicted octanol–water partition coefficient (Wildman–Crippen LogP) is 4.90. The Morgan fingerprint density at radius 1 is 1.25 bits per heavy atom. The Kier molecular flexibility index (Phi) is 6.66. The number of aromatic nitrogens is 1. The molecule has 2 rings (SSSR count). The molecule has 0 amide bonds. The first-order valence-corrected chi connectivity index (χ1v) is 9.67. The zero-order chi connectivity index (χ0) is 17.7. The van der Waals surface area contributed by atoms with E-state index < -0.39 is 0 Å². The van der Waals surface area contributed by atoms with E-state index >= 15 is 0 Å². The van der Waals surface area contributed by atoms with E-state index in [1.54, 1.807) is 18.4 Å². The lowest BCUT2D eigenvalue weighted by Crippen LogP contribution is -2.15. The average molecular weight is 413 g/mol. The van der Waals surface area contributed by atoms with Gasteiger partial charge in [0.25, 0.3) is 0 Å². The van der Waals surface area contributed by atoms with Crippen molar-refractivity contribution < 1.29 is 9.47 Å². The summed E-state index contributed by atoms with van der Waals surface area (Å²) < 4.78 is 12.0. The molecule has 2 aromatic rings. The third-order valence-corrected chi connectivity index (χ3v) is 5.31. The van der Waals surface area contributed by atoms with Gasteiger partial charge >= 0.3 is 0 Å². The van der Waals surface area contributed by atoms with Crippen molar-refractivity contribution in [3.63, 3.8) is 0 Å². The summed E-state index contributed by atoms with van der Waals surface area (Å²) >= 11 is 5.28. The number of nitrogens with one attached hydrogen (secondary N) is 1. The van der Waals surface area contributed by atoms with E-state index in [2.05, 4.69) is 53.5 Å². The van der Waals surface area contributed by atoms with Gasteiger partial charge in [-0.25, -0.2) is 4.98 Å². The predicted molar refractivity (Wildman–Crippen MR) is 103 cm³/mol. The number of ether oxygens (including phenoxy) is 2. The maximum Gasteiger partial charge on any atom is 0.175 e. The van der Waals surface area contributed by atoms with Crippen LogP contribution in [0.2, 0.25) is 0 Å². The van der Waals surface area contributed by atoms with E-state index in [-0.39, 0.29) is 5.41 Å². The molecule has 1 aromatic carbocycles. The lowest BCUT2D eigenvalue weighted by molar-refractivity contribution is 0.308. The first-order valence-electron chi connectivity index (χ1n) is 8.00. The van der Waals surface area contributed by atoms with Gasteiger partial charge in [-0.1, -0.05) is 20.8 Å². The fraction of sp³-hybridized carbons (Fsp3) is 0.500. The third kappa shape index (κ3) is 4.94. The molecular weight excluding hydrogens is 388 g/mol. The summed E-state index contributed by atoms with van der Waals surface area (Å²) in [7, 11) is 1.66. The van der Waals surface area contributed by atoms with Crippen LogP contribution in [0.4, 0.5) is 0 Å². The van der Waals surface area contributed by atoms with Crippen LogP contribution < -0.4 is 14.8 Å². The summed E-state index contributed by atoms with van der Waals surface area (Å²) in [5.41, 5.74) is 2.33. The van der Waals surface area contributed by atoms with Gasteiger partial charge in [0, 0.05) is 23.9 Å². The summed E-state index contributed by atoms with van der Waals surface area (Å²) in [5.74, 6) is 1.49. The summed E-state index contributed by atoms with van der Waals surface area (Å²) in [6.07, 6.45) is 0. The molecule has 0 saturated carbocycles. The molecule has 0 saturated heterocycles. The van der Waals surface area contributed by atoms with Crippen molar-refractivity contribution in [3.8, 4) is 11.5 Å². The first kappa shape index (κ1) is 19.2. The molecule has 0 spiro atoms. The van der Waals surface area contributed by atoms with Gasteiger partial charge in [-0.05, 0) is 40.5 Å². The fourth-order valence-corrected chi connectivity index (χ4v) is 3.74. The quantitative estimate of drug-likeness (QED) is 0.701. The van der Waals surface area contributed by atoms with Crippen molar-refractivity contribution in [3.05, 3.63) is 38.3 Å². The maximum absolute atomic E-state index is 5.62. The molecule has 0 radical (unpaired) electrons.